The van der Waals surface area contributed by atoms with Crippen molar-refractivity contribution >= 4 is 17.3 Å². The van der Waals surface area contributed by atoms with Crippen LogP contribution < -0.4 is 15.8 Å². The lowest BCUT2D eigenvalue weighted by atomic mass is 10.2. The monoisotopic (exact) mass is 262 g/mol. The predicted octanol–water partition coefficient (Wildman–Crippen LogP) is 2.57. The van der Waals surface area contributed by atoms with Gasteiger partial charge in [-0.05, 0) is 26.0 Å². The number of hydrogen-bond donors (Lipinski definition) is 2. The van der Waals surface area contributed by atoms with Crippen LogP contribution in [0.1, 0.15) is 11.4 Å². The Morgan fingerprint density at radius 1 is 1.26 bits per heavy atom. The van der Waals surface area contributed by atoms with Crippen molar-refractivity contribution in [1.82, 2.24) is 9.97 Å². The lowest BCUT2D eigenvalue weighted by Crippen LogP contribution is -2.05. The first-order valence-electron chi connectivity index (χ1n) is 5.72. The summed E-state index contributed by atoms with van der Waals surface area (Å²) in [4.78, 5) is 8.30. The molecule has 0 aliphatic heterocycles. The summed E-state index contributed by atoms with van der Waals surface area (Å²) in [5, 5.41) is 3.02. The van der Waals surface area contributed by atoms with Gasteiger partial charge in [0.2, 0.25) is 0 Å². The molecule has 2 rings (SSSR count). The Morgan fingerprint density at radius 3 is 2.63 bits per heavy atom. The molecule has 0 saturated heterocycles. The number of anilines is 3. The summed E-state index contributed by atoms with van der Waals surface area (Å²) >= 11 is 0. The number of nitrogen functional groups attached to an aromatic ring is 1. The molecule has 0 saturated carbocycles. The zero-order chi connectivity index (χ0) is 14.0. The number of nitrogens with one attached hydrogen (secondary N) is 1. The van der Waals surface area contributed by atoms with Gasteiger partial charge in [-0.15, -0.1) is 0 Å². The molecular formula is C13H15FN4O. The number of halogens is 1. The molecule has 0 unspecified atom stereocenters. The minimum Gasteiger partial charge on any atom is -0.494 e. The fourth-order valence-electron chi connectivity index (χ4n) is 1.65. The zero-order valence-electron chi connectivity index (χ0n) is 11.0. The van der Waals surface area contributed by atoms with E-state index in [4.69, 9.17) is 10.5 Å². The van der Waals surface area contributed by atoms with Gasteiger partial charge in [-0.2, -0.15) is 0 Å². The van der Waals surface area contributed by atoms with Crippen LogP contribution in [0.25, 0.3) is 0 Å². The standard InChI is InChI=1S/C13H15FN4O/c1-7-12(15)16-8(2)17-13(7)18-9-4-5-11(19-3)10(14)6-9/h4-6H,1-3H3,(H3,15,16,17,18). The van der Waals surface area contributed by atoms with E-state index in [9.17, 15) is 4.39 Å². The molecule has 0 aliphatic rings. The molecule has 2 aromatic rings. The van der Waals surface area contributed by atoms with Crippen molar-refractivity contribution in [1.29, 1.82) is 0 Å². The van der Waals surface area contributed by atoms with E-state index in [1.165, 1.54) is 13.2 Å². The third-order valence-electron chi connectivity index (χ3n) is 2.71. The van der Waals surface area contributed by atoms with Gasteiger partial charge in [0.05, 0.1) is 7.11 Å². The summed E-state index contributed by atoms with van der Waals surface area (Å²) in [7, 11) is 1.42. The van der Waals surface area contributed by atoms with E-state index < -0.39 is 5.82 Å². The van der Waals surface area contributed by atoms with E-state index in [1.54, 1.807) is 26.0 Å². The molecule has 100 valence electrons. The van der Waals surface area contributed by atoms with Crippen molar-refractivity contribution in [2.75, 3.05) is 18.2 Å². The minimum absolute atomic E-state index is 0.195. The topological polar surface area (TPSA) is 73.1 Å². The quantitative estimate of drug-likeness (QED) is 0.889. The molecule has 1 aromatic carbocycles. The van der Waals surface area contributed by atoms with Crippen LogP contribution in [-0.4, -0.2) is 17.1 Å². The Hall–Kier alpha value is -2.37. The lowest BCUT2D eigenvalue weighted by molar-refractivity contribution is 0.386. The van der Waals surface area contributed by atoms with E-state index in [2.05, 4.69) is 15.3 Å². The fraction of sp³-hybridized carbons (Fsp3) is 0.231. The van der Waals surface area contributed by atoms with Gasteiger partial charge < -0.3 is 15.8 Å². The van der Waals surface area contributed by atoms with E-state index in [-0.39, 0.29) is 5.75 Å². The van der Waals surface area contributed by atoms with Crippen LogP contribution in [0.5, 0.6) is 5.75 Å². The largest absolute Gasteiger partial charge is 0.494 e. The highest BCUT2D eigenvalue weighted by atomic mass is 19.1. The highest BCUT2D eigenvalue weighted by Crippen LogP contribution is 2.25. The van der Waals surface area contributed by atoms with Crippen molar-refractivity contribution in [3.63, 3.8) is 0 Å². The summed E-state index contributed by atoms with van der Waals surface area (Å²) in [5.74, 6) is 1.28. The van der Waals surface area contributed by atoms with Gasteiger partial charge in [-0.3, -0.25) is 0 Å². The lowest BCUT2D eigenvalue weighted by Gasteiger charge is -2.11. The number of nitrogens with two attached hydrogens (primary N) is 1. The maximum Gasteiger partial charge on any atom is 0.167 e. The van der Waals surface area contributed by atoms with Crippen LogP contribution in [0, 0.1) is 19.7 Å². The number of ether oxygens (including phenoxy) is 1. The maximum absolute atomic E-state index is 13.6. The predicted molar refractivity (Wildman–Crippen MR) is 72.2 cm³/mol. The van der Waals surface area contributed by atoms with Gasteiger partial charge in [0.15, 0.2) is 11.6 Å². The van der Waals surface area contributed by atoms with Gasteiger partial charge >= 0.3 is 0 Å². The normalized spacial score (nSPS) is 10.3. The molecule has 19 heavy (non-hydrogen) atoms. The number of hydrogen-bond acceptors (Lipinski definition) is 5. The smallest absolute Gasteiger partial charge is 0.167 e. The third-order valence-corrected chi connectivity index (χ3v) is 2.71. The minimum atomic E-state index is -0.441. The van der Waals surface area contributed by atoms with E-state index in [0.29, 0.717) is 23.1 Å². The summed E-state index contributed by atoms with van der Waals surface area (Å²) in [6.45, 7) is 3.55. The first-order chi connectivity index (χ1) is 9.01. The van der Waals surface area contributed by atoms with Crippen molar-refractivity contribution in [3.05, 3.63) is 35.4 Å². The van der Waals surface area contributed by atoms with E-state index in [0.717, 1.165) is 5.56 Å². The Balaban J connectivity index is 2.33. The Kier molecular flexibility index (Phi) is 3.50. The van der Waals surface area contributed by atoms with Crippen molar-refractivity contribution in [2.45, 2.75) is 13.8 Å². The highest BCUT2D eigenvalue weighted by molar-refractivity contribution is 5.64. The summed E-state index contributed by atoms with van der Waals surface area (Å²) in [6.07, 6.45) is 0. The average Bonchev–Trinajstić information content (AvgIpc) is 2.35. The maximum atomic E-state index is 13.6. The molecule has 0 fully saturated rings. The zero-order valence-corrected chi connectivity index (χ0v) is 11.0. The SMILES string of the molecule is COc1ccc(Nc2nc(C)nc(N)c2C)cc1F. The molecule has 0 atom stereocenters. The number of nitrogens with zero attached hydrogens (tertiary/aromatic N) is 2. The first-order valence-corrected chi connectivity index (χ1v) is 5.72. The van der Waals surface area contributed by atoms with Gasteiger partial charge in [-0.1, -0.05) is 0 Å². The third kappa shape index (κ3) is 2.73. The number of benzene rings is 1. The molecule has 3 N–H and O–H groups in total. The van der Waals surface area contributed by atoms with Crippen molar-refractivity contribution in [2.24, 2.45) is 0 Å². The number of aromatic nitrogens is 2. The highest BCUT2D eigenvalue weighted by Gasteiger charge is 2.09. The van der Waals surface area contributed by atoms with Gasteiger partial charge in [0.25, 0.3) is 0 Å². The number of rotatable bonds is 3. The van der Waals surface area contributed by atoms with Crippen LogP contribution in [0.4, 0.5) is 21.7 Å². The van der Waals surface area contributed by atoms with Gasteiger partial charge in [0, 0.05) is 17.3 Å². The molecule has 0 bridgehead atoms. The number of methoxy groups -OCH3 is 1. The van der Waals surface area contributed by atoms with Crippen LogP contribution in [0.3, 0.4) is 0 Å². The number of aryl methyl sites for hydroxylation is 1. The van der Waals surface area contributed by atoms with Gasteiger partial charge in [0.1, 0.15) is 17.5 Å². The van der Waals surface area contributed by atoms with Crippen molar-refractivity contribution in [3.8, 4) is 5.75 Å². The molecular weight excluding hydrogens is 247 g/mol. The summed E-state index contributed by atoms with van der Waals surface area (Å²) < 4.78 is 18.5. The Morgan fingerprint density at radius 2 is 2.00 bits per heavy atom. The Labute approximate surface area is 110 Å². The van der Waals surface area contributed by atoms with Crippen molar-refractivity contribution < 1.29 is 9.13 Å². The molecule has 0 spiro atoms. The van der Waals surface area contributed by atoms with Crippen LogP contribution in [0.15, 0.2) is 18.2 Å². The molecule has 0 amide bonds. The van der Waals surface area contributed by atoms with Crippen LogP contribution in [-0.2, 0) is 0 Å². The molecule has 5 nitrogen and oxygen atoms in total. The first kappa shape index (κ1) is 13.1. The second-order valence-electron chi connectivity index (χ2n) is 4.10. The molecule has 0 aliphatic carbocycles. The Bertz CT molecular complexity index is 616. The van der Waals surface area contributed by atoms with E-state index in [1.807, 2.05) is 0 Å². The second kappa shape index (κ2) is 5.09. The fourth-order valence-corrected chi connectivity index (χ4v) is 1.65. The van der Waals surface area contributed by atoms with E-state index >= 15 is 0 Å². The molecule has 1 heterocycles. The summed E-state index contributed by atoms with van der Waals surface area (Å²) in [6, 6.07) is 4.59. The second-order valence-corrected chi connectivity index (χ2v) is 4.10. The summed E-state index contributed by atoms with van der Waals surface area (Å²) in [5.41, 5.74) is 7.06. The average molecular weight is 262 g/mol. The van der Waals surface area contributed by atoms with Crippen LogP contribution in [0.2, 0.25) is 0 Å². The molecule has 1 aromatic heterocycles. The van der Waals surface area contributed by atoms with Gasteiger partial charge in [-0.25, -0.2) is 14.4 Å². The molecule has 6 heteroatoms. The van der Waals surface area contributed by atoms with Crippen LogP contribution >= 0.6 is 0 Å². The molecule has 0 radical (unpaired) electrons.